The largest absolute Gasteiger partial charge is 0.364 e. The molecule has 1 aromatic heterocycles. The van der Waals surface area contributed by atoms with Gasteiger partial charge in [0.1, 0.15) is 5.82 Å². The van der Waals surface area contributed by atoms with Crippen molar-refractivity contribution in [1.82, 2.24) is 10.3 Å². The van der Waals surface area contributed by atoms with E-state index in [9.17, 15) is 8.78 Å². The average Bonchev–Trinajstić information content (AvgIpc) is 2.38. The molecule has 94 valence electrons. The van der Waals surface area contributed by atoms with Crippen LogP contribution >= 0.6 is 0 Å². The quantitative estimate of drug-likeness (QED) is 0.848. The first kappa shape index (κ1) is 12.2. The lowest BCUT2D eigenvalue weighted by atomic mass is 9.94. The Kier molecular flexibility index (Phi) is 4.25. The second kappa shape index (κ2) is 5.91. The van der Waals surface area contributed by atoms with Gasteiger partial charge in [-0.05, 0) is 38.1 Å². The molecule has 1 aromatic rings. The molecule has 2 N–H and O–H groups in total. The lowest BCUT2D eigenvalue weighted by Gasteiger charge is -2.22. The number of piperidine rings is 1. The van der Waals surface area contributed by atoms with Crippen LogP contribution in [-0.2, 0) is 0 Å². The van der Waals surface area contributed by atoms with E-state index in [2.05, 4.69) is 15.6 Å². The normalized spacial score (nSPS) is 17.4. The Morgan fingerprint density at radius 3 is 2.82 bits per heavy atom. The van der Waals surface area contributed by atoms with Gasteiger partial charge in [-0.3, -0.25) is 0 Å². The van der Waals surface area contributed by atoms with E-state index < -0.39 is 6.43 Å². The summed E-state index contributed by atoms with van der Waals surface area (Å²) in [6.07, 6.45) is -0.226. The van der Waals surface area contributed by atoms with E-state index in [1.807, 2.05) is 12.1 Å². The van der Waals surface area contributed by atoms with E-state index in [0.717, 1.165) is 31.6 Å². The Morgan fingerprint density at radius 2 is 2.12 bits per heavy atom. The summed E-state index contributed by atoms with van der Waals surface area (Å²) in [6, 6.07) is 5.58. The van der Waals surface area contributed by atoms with Crippen LogP contribution in [0, 0.1) is 0 Å². The van der Waals surface area contributed by atoms with Gasteiger partial charge in [0.2, 0.25) is 0 Å². The summed E-state index contributed by atoms with van der Waals surface area (Å²) in [5.74, 6) is 0.992. The molecule has 0 saturated carbocycles. The van der Waals surface area contributed by atoms with E-state index >= 15 is 0 Å². The Hall–Kier alpha value is -1.23. The van der Waals surface area contributed by atoms with Gasteiger partial charge < -0.3 is 10.6 Å². The topological polar surface area (TPSA) is 37.0 Å². The molecule has 0 spiro atoms. The second-order valence-corrected chi connectivity index (χ2v) is 4.24. The minimum atomic E-state index is -2.35. The van der Waals surface area contributed by atoms with Gasteiger partial charge in [0.15, 0.2) is 0 Å². The zero-order valence-electron chi connectivity index (χ0n) is 9.63. The number of nitrogens with zero attached hydrogens (tertiary/aromatic N) is 1. The van der Waals surface area contributed by atoms with Crippen LogP contribution in [0.5, 0.6) is 0 Å². The lowest BCUT2D eigenvalue weighted by Crippen LogP contribution is -2.27. The third-order valence-electron chi connectivity index (χ3n) is 2.97. The standard InChI is InChI=1S/C12H17F2N3/c13-11(14)8-16-12-3-1-2-10(17-12)9-4-6-15-7-5-9/h1-3,9,11,15H,4-8H2,(H,16,17). The highest BCUT2D eigenvalue weighted by Crippen LogP contribution is 2.24. The monoisotopic (exact) mass is 241 g/mol. The molecule has 2 rings (SSSR count). The number of hydrogen-bond acceptors (Lipinski definition) is 3. The molecule has 0 radical (unpaired) electrons. The molecule has 17 heavy (non-hydrogen) atoms. The molecule has 0 unspecified atom stereocenters. The third-order valence-corrected chi connectivity index (χ3v) is 2.97. The lowest BCUT2D eigenvalue weighted by molar-refractivity contribution is 0.163. The van der Waals surface area contributed by atoms with Crippen molar-refractivity contribution < 1.29 is 8.78 Å². The summed E-state index contributed by atoms with van der Waals surface area (Å²) in [5.41, 5.74) is 1.01. The molecule has 1 fully saturated rings. The van der Waals surface area contributed by atoms with Gasteiger partial charge in [0.25, 0.3) is 6.43 Å². The van der Waals surface area contributed by atoms with E-state index in [4.69, 9.17) is 0 Å². The molecule has 2 heterocycles. The fourth-order valence-electron chi connectivity index (χ4n) is 2.08. The van der Waals surface area contributed by atoms with Crippen molar-refractivity contribution in [2.45, 2.75) is 25.2 Å². The highest BCUT2D eigenvalue weighted by Gasteiger charge is 2.16. The van der Waals surface area contributed by atoms with E-state index in [1.54, 1.807) is 6.07 Å². The minimum absolute atomic E-state index is 0.345. The van der Waals surface area contributed by atoms with Crippen LogP contribution in [-0.4, -0.2) is 31.0 Å². The van der Waals surface area contributed by atoms with Gasteiger partial charge in [-0.15, -0.1) is 0 Å². The van der Waals surface area contributed by atoms with Crippen molar-refractivity contribution in [3.63, 3.8) is 0 Å². The molecule has 0 aromatic carbocycles. The number of aromatic nitrogens is 1. The molecule has 1 saturated heterocycles. The van der Waals surface area contributed by atoms with Crippen molar-refractivity contribution in [3.05, 3.63) is 23.9 Å². The fraction of sp³-hybridized carbons (Fsp3) is 0.583. The zero-order chi connectivity index (χ0) is 12.1. The highest BCUT2D eigenvalue weighted by molar-refractivity contribution is 5.36. The van der Waals surface area contributed by atoms with Gasteiger partial charge in [0, 0.05) is 11.6 Å². The van der Waals surface area contributed by atoms with Gasteiger partial charge in [-0.1, -0.05) is 6.07 Å². The number of alkyl halides is 2. The molecule has 1 aliphatic heterocycles. The number of pyridine rings is 1. The number of hydrogen-bond donors (Lipinski definition) is 2. The highest BCUT2D eigenvalue weighted by atomic mass is 19.3. The molecule has 5 heteroatoms. The molecule has 1 aliphatic rings. The van der Waals surface area contributed by atoms with Crippen LogP contribution in [0.3, 0.4) is 0 Å². The molecular formula is C12H17F2N3. The number of rotatable bonds is 4. The average molecular weight is 241 g/mol. The third kappa shape index (κ3) is 3.63. The minimum Gasteiger partial charge on any atom is -0.364 e. The van der Waals surface area contributed by atoms with Crippen molar-refractivity contribution in [2.24, 2.45) is 0 Å². The molecule has 0 amide bonds. The maximum absolute atomic E-state index is 12.1. The van der Waals surface area contributed by atoms with Crippen molar-refractivity contribution in [2.75, 3.05) is 25.0 Å². The number of nitrogens with one attached hydrogen (secondary N) is 2. The Bertz CT molecular complexity index is 351. The molecular weight excluding hydrogens is 224 g/mol. The smallest absolute Gasteiger partial charge is 0.255 e. The zero-order valence-corrected chi connectivity index (χ0v) is 9.63. The summed E-state index contributed by atoms with van der Waals surface area (Å²) < 4.78 is 24.2. The van der Waals surface area contributed by atoms with Crippen molar-refractivity contribution in [3.8, 4) is 0 Å². The van der Waals surface area contributed by atoms with Crippen LogP contribution in [0.15, 0.2) is 18.2 Å². The van der Waals surface area contributed by atoms with Gasteiger partial charge in [0.05, 0.1) is 6.54 Å². The summed E-state index contributed by atoms with van der Waals surface area (Å²) in [6.45, 7) is 1.66. The summed E-state index contributed by atoms with van der Waals surface area (Å²) in [7, 11) is 0. The SMILES string of the molecule is FC(F)CNc1cccc(C2CCNCC2)n1. The molecule has 0 bridgehead atoms. The maximum atomic E-state index is 12.1. The molecule has 0 aliphatic carbocycles. The van der Waals surface area contributed by atoms with Gasteiger partial charge in [-0.2, -0.15) is 0 Å². The van der Waals surface area contributed by atoms with E-state index in [0.29, 0.717) is 11.7 Å². The Morgan fingerprint density at radius 1 is 1.35 bits per heavy atom. The Labute approximate surface area is 99.6 Å². The molecule has 3 nitrogen and oxygen atoms in total. The maximum Gasteiger partial charge on any atom is 0.255 e. The van der Waals surface area contributed by atoms with Gasteiger partial charge in [-0.25, -0.2) is 13.8 Å². The first-order valence-electron chi connectivity index (χ1n) is 5.95. The molecule has 0 atom stereocenters. The van der Waals surface area contributed by atoms with E-state index in [-0.39, 0.29) is 6.54 Å². The summed E-state index contributed by atoms with van der Waals surface area (Å²) >= 11 is 0. The first-order chi connectivity index (χ1) is 8.25. The van der Waals surface area contributed by atoms with Crippen LogP contribution in [0.1, 0.15) is 24.5 Å². The van der Waals surface area contributed by atoms with E-state index in [1.165, 1.54) is 0 Å². The second-order valence-electron chi connectivity index (χ2n) is 4.24. The summed E-state index contributed by atoms with van der Waals surface area (Å²) in [5, 5.41) is 5.94. The predicted octanol–water partition coefficient (Wildman–Crippen LogP) is 2.23. The first-order valence-corrected chi connectivity index (χ1v) is 5.95. The van der Waals surface area contributed by atoms with Crippen LogP contribution in [0.2, 0.25) is 0 Å². The van der Waals surface area contributed by atoms with Crippen molar-refractivity contribution >= 4 is 5.82 Å². The van der Waals surface area contributed by atoms with Gasteiger partial charge >= 0.3 is 0 Å². The summed E-state index contributed by atoms with van der Waals surface area (Å²) in [4.78, 5) is 4.40. The van der Waals surface area contributed by atoms with Crippen LogP contribution < -0.4 is 10.6 Å². The van der Waals surface area contributed by atoms with Crippen molar-refractivity contribution in [1.29, 1.82) is 0 Å². The predicted molar refractivity (Wildman–Crippen MR) is 63.6 cm³/mol. The van der Waals surface area contributed by atoms with Crippen LogP contribution in [0.25, 0.3) is 0 Å². The number of halogens is 2. The van der Waals surface area contributed by atoms with Crippen LogP contribution in [0.4, 0.5) is 14.6 Å². The Balaban J connectivity index is 2.00. The fourth-order valence-corrected chi connectivity index (χ4v) is 2.08. The number of anilines is 1.